The number of hydrogen-bond donors (Lipinski definition) is 1. The fourth-order valence-corrected chi connectivity index (χ4v) is 2.42. The molecule has 4 nitrogen and oxygen atoms in total. The summed E-state index contributed by atoms with van der Waals surface area (Å²) in [4.78, 5) is 0. The molecule has 0 aliphatic carbocycles. The summed E-state index contributed by atoms with van der Waals surface area (Å²) in [6.45, 7) is 1.64. The molecule has 0 fully saturated rings. The lowest BCUT2D eigenvalue weighted by Crippen LogP contribution is -2.18. The van der Waals surface area contributed by atoms with Crippen LogP contribution in [0.25, 0.3) is 0 Å². The van der Waals surface area contributed by atoms with Gasteiger partial charge in [-0.25, -0.2) is 0 Å². The summed E-state index contributed by atoms with van der Waals surface area (Å²) in [6.07, 6.45) is 4.62. The third kappa shape index (κ3) is 2.11. The fraction of sp³-hybridized carbons (Fsp3) is 0.357. The van der Waals surface area contributed by atoms with Gasteiger partial charge >= 0.3 is 0 Å². The van der Waals surface area contributed by atoms with E-state index in [2.05, 4.69) is 11.2 Å². The first kappa shape index (κ1) is 11.3. The number of aliphatic hydroxyl groups excluding tert-OH is 1. The monoisotopic (exact) mass is 244 g/mol. The average molecular weight is 244 g/mol. The molecule has 18 heavy (non-hydrogen) atoms. The first-order valence-corrected chi connectivity index (χ1v) is 6.21. The number of nitrogens with zero attached hydrogens (tertiary/aromatic N) is 2. The van der Waals surface area contributed by atoms with Gasteiger partial charge in [-0.15, -0.1) is 0 Å². The van der Waals surface area contributed by atoms with Gasteiger partial charge in [-0.3, -0.25) is 4.68 Å². The smallest absolute Gasteiger partial charge is 0.122 e. The normalized spacial score (nSPS) is 18.2. The molecule has 0 bridgehead atoms. The SMILES string of the molecule is OCc1cnn(CC2CCOc3ccccc32)c1. The second-order valence-corrected chi connectivity index (χ2v) is 4.60. The van der Waals surface area contributed by atoms with Crippen LogP contribution in [0.15, 0.2) is 36.7 Å². The Kier molecular flexibility index (Phi) is 3.02. The molecule has 1 aromatic carbocycles. The zero-order valence-electron chi connectivity index (χ0n) is 10.1. The Balaban J connectivity index is 1.81. The first-order chi connectivity index (χ1) is 8.86. The lowest BCUT2D eigenvalue weighted by atomic mass is 9.93. The molecule has 1 aliphatic rings. The molecule has 94 valence electrons. The predicted octanol–water partition coefficient (Wildman–Crippen LogP) is 1.94. The van der Waals surface area contributed by atoms with Crippen molar-refractivity contribution in [2.24, 2.45) is 0 Å². The molecule has 1 aliphatic heterocycles. The summed E-state index contributed by atoms with van der Waals surface area (Å²) in [5.41, 5.74) is 2.11. The van der Waals surface area contributed by atoms with Gasteiger partial charge in [-0.1, -0.05) is 18.2 Å². The highest BCUT2D eigenvalue weighted by Gasteiger charge is 2.21. The quantitative estimate of drug-likeness (QED) is 0.897. The highest BCUT2D eigenvalue weighted by Crippen LogP contribution is 2.34. The molecule has 2 aromatic rings. The Hall–Kier alpha value is -1.81. The van der Waals surface area contributed by atoms with Crippen molar-refractivity contribution in [1.29, 1.82) is 0 Å². The molecule has 0 spiro atoms. The van der Waals surface area contributed by atoms with Gasteiger partial charge in [-0.05, 0) is 18.1 Å². The van der Waals surface area contributed by atoms with Crippen molar-refractivity contribution in [3.8, 4) is 5.75 Å². The van der Waals surface area contributed by atoms with E-state index < -0.39 is 0 Å². The van der Waals surface area contributed by atoms with Crippen molar-refractivity contribution in [3.05, 3.63) is 47.8 Å². The summed E-state index contributed by atoms with van der Waals surface area (Å²) >= 11 is 0. The van der Waals surface area contributed by atoms with E-state index in [1.807, 2.05) is 29.1 Å². The van der Waals surface area contributed by atoms with Crippen LogP contribution >= 0.6 is 0 Å². The van der Waals surface area contributed by atoms with Gasteiger partial charge in [0, 0.05) is 24.2 Å². The Morgan fingerprint density at radius 1 is 1.39 bits per heavy atom. The first-order valence-electron chi connectivity index (χ1n) is 6.21. The minimum atomic E-state index is 0.0460. The van der Waals surface area contributed by atoms with Crippen LogP contribution in [0.2, 0.25) is 0 Å². The second-order valence-electron chi connectivity index (χ2n) is 4.60. The molecular weight excluding hydrogens is 228 g/mol. The minimum absolute atomic E-state index is 0.0460. The van der Waals surface area contributed by atoms with Crippen LogP contribution in [0, 0.1) is 0 Å². The highest BCUT2D eigenvalue weighted by molar-refractivity contribution is 5.37. The Bertz CT molecular complexity index is 536. The van der Waals surface area contributed by atoms with E-state index in [4.69, 9.17) is 9.84 Å². The van der Waals surface area contributed by atoms with E-state index in [-0.39, 0.29) is 6.61 Å². The van der Waals surface area contributed by atoms with Crippen molar-refractivity contribution >= 4 is 0 Å². The number of para-hydroxylation sites is 1. The topological polar surface area (TPSA) is 47.3 Å². The third-order valence-electron chi connectivity index (χ3n) is 3.36. The van der Waals surface area contributed by atoms with Gasteiger partial charge in [0.25, 0.3) is 0 Å². The van der Waals surface area contributed by atoms with Crippen molar-refractivity contribution in [2.45, 2.75) is 25.5 Å². The van der Waals surface area contributed by atoms with Crippen molar-refractivity contribution < 1.29 is 9.84 Å². The Morgan fingerprint density at radius 3 is 3.11 bits per heavy atom. The van der Waals surface area contributed by atoms with Crippen LogP contribution in [0.4, 0.5) is 0 Å². The number of ether oxygens (including phenoxy) is 1. The molecule has 1 aromatic heterocycles. The average Bonchev–Trinajstić information content (AvgIpc) is 2.87. The minimum Gasteiger partial charge on any atom is -0.493 e. The number of benzene rings is 1. The summed E-state index contributed by atoms with van der Waals surface area (Å²) in [6, 6.07) is 8.18. The molecule has 1 N–H and O–H groups in total. The van der Waals surface area contributed by atoms with E-state index in [1.165, 1.54) is 5.56 Å². The maximum absolute atomic E-state index is 9.04. The van der Waals surface area contributed by atoms with Crippen molar-refractivity contribution in [2.75, 3.05) is 6.61 Å². The molecule has 2 heterocycles. The van der Waals surface area contributed by atoms with Gasteiger partial charge in [0.1, 0.15) is 5.75 Å². The lowest BCUT2D eigenvalue weighted by molar-refractivity contribution is 0.256. The molecule has 4 heteroatoms. The van der Waals surface area contributed by atoms with Crippen LogP contribution in [-0.2, 0) is 13.2 Å². The molecule has 1 atom stereocenters. The van der Waals surface area contributed by atoms with Crippen LogP contribution in [0.3, 0.4) is 0 Å². The van der Waals surface area contributed by atoms with E-state index in [0.717, 1.165) is 30.9 Å². The molecule has 1 unspecified atom stereocenters. The van der Waals surface area contributed by atoms with E-state index in [1.54, 1.807) is 6.20 Å². The summed E-state index contributed by atoms with van der Waals surface area (Å²) in [5.74, 6) is 1.42. The number of fused-ring (bicyclic) bond motifs is 1. The number of rotatable bonds is 3. The van der Waals surface area contributed by atoms with Gasteiger partial charge < -0.3 is 9.84 Å². The van der Waals surface area contributed by atoms with Gasteiger partial charge in [0.05, 0.1) is 19.4 Å². The van der Waals surface area contributed by atoms with Crippen molar-refractivity contribution in [3.63, 3.8) is 0 Å². The van der Waals surface area contributed by atoms with Gasteiger partial charge in [-0.2, -0.15) is 5.10 Å². The maximum Gasteiger partial charge on any atom is 0.122 e. The Morgan fingerprint density at radius 2 is 2.28 bits per heavy atom. The molecule has 0 amide bonds. The standard InChI is InChI=1S/C14H16N2O2/c17-10-11-7-15-16(8-11)9-12-5-6-18-14-4-2-1-3-13(12)14/h1-4,7-8,12,17H,5-6,9-10H2. The molecule has 3 rings (SSSR count). The van der Waals surface area contributed by atoms with E-state index >= 15 is 0 Å². The van der Waals surface area contributed by atoms with Crippen molar-refractivity contribution in [1.82, 2.24) is 9.78 Å². The molecule has 0 saturated heterocycles. The summed E-state index contributed by atoms with van der Waals surface area (Å²) < 4.78 is 7.55. The van der Waals surface area contributed by atoms with Gasteiger partial charge in [0.15, 0.2) is 0 Å². The lowest BCUT2D eigenvalue weighted by Gasteiger charge is -2.25. The van der Waals surface area contributed by atoms with E-state index in [0.29, 0.717) is 5.92 Å². The molecule has 0 saturated carbocycles. The highest BCUT2D eigenvalue weighted by atomic mass is 16.5. The fourth-order valence-electron chi connectivity index (χ4n) is 2.42. The van der Waals surface area contributed by atoms with E-state index in [9.17, 15) is 0 Å². The molecule has 0 radical (unpaired) electrons. The zero-order chi connectivity index (χ0) is 12.4. The van der Waals surface area contributed by atoms with Crippen LogP contribution in [0.1, 0.15) is 23.5 Å². The largest absolute Gasteiger partial charge is 0.493 e. The third-order valence-corrected chi connectivity index (χ3v) is 3.36. The summed E-state index contributed by atoms with van der Waals surface area (Å²) in [7, 11) is 0. The molecular formula is C14H16N2O2. The van der Waals surface area contributed by atoms with Crippen LogP contribution in [0.5, 0.6) is 5.75 Å². The Labute approximate surface area is 106 Å². The van der Waals surface area contributed by atoms with Crippen LogP contribution in [-0.4, -0.2) is 21.5 Å². The van der Waals surface area contributed by atoms with Crippen LogP contribution < -0.4 is 4.74 Å². The predicted molar refractivity (Wildman–Crippen MR) is 67.4 cm³/mol. The second kappa shape index (κ2) is 4.82. The maximum atomic E-state index is 9.04. The summed E-state index contributed by atoms with van der Waals surface area (Å²) in [5, 5.41) is 13.3. The number of aliphatic hydroxyl groups is 1. The van der Waals surface area contributed by atoms with Gasteiger partial charge in [0.2, 0.25) is 0 Å². The zero-order valence-corrected chi connectivity index (χ0v) is 10.1. The number of aromatic nitrogens is 2. The number of hydrogen-bond acceptors (Lipinski definition) is 3.